The molecule has 1 atom stereocenters. The van der Waals surface area contributed by atoms with E-state index in [0.717, 1.165) is 48.2 Å². The number of carbonyl (C=O) groups excluding carboxylic acids is 1. The molecule has 0 saturated heterocycles. The number of amides is 1. The van der Waals surface area contributed by atoms with Gasteiger partial charge in [0, 0.05) is 12.7 Å². The first kappa shape index (κ1) is 20.2. The van der Waals surface area contributed by atoms with E-state index in [9.17, 15) is 4.79 Å². The van der Waals surface area contributed by atoms with Crippen molar-refractivity contribution in [3.8, 4) is 5.75 Å². The van der Waals surface area contributed by atoms with Gasteiger partial charge < -0.3 is 9.64 Å². The fourth-order valence-corrected chi connectivity index (χ4v) is 3.89. The molecule has 1 aliphatic carbocycles. The summed E-state index contributed by atoms with van der Waals surface area (Å²) in [7, 11) is 0. The molecule has 1 aliphatic rings. The SMILES string of the molecule is O=C(c1cnsn1)N(Cc1cccc(OC[C@@H]2CC=CCC2)c1)Cc1ccccn1. The number of pyridine rings is 1. The predicted molar refractivity (Wildman–Crippen MR) is 116 cm³/mol. The molecular weight excluding hydrogens is 396 g/mol. The number of nitrogens with zero attached hydrogens (tertiary/aromatic N) is 4. The number of carbonyl (C=O) groups is 1. The van der Waals surface area contributed by atoms with Crippen LogP contribution in [0.2, 0.25) is 0 Å². The molecule has 7 heteroatoms. The highest BCUT2D eigenvalue weighted by atomic mass is 32.1. The van der Waals surface area contributed by atoms with Gasteiger partial charge in [0.15, 0.2) is 5.69 Å². The van der Waals surface area contributed by atoms with E-state index in [1.54, 1.807) is 11.1 Å². The average Bonchev–Trinajstić information content (AvgIpc) is 3.33. The maximum Gasteiger partial charge on any atom is 0.275 e. The van der Waals surface area contributed by atoms with Gasteiger partial charge in [-0.1, -0.05) is 30.4 Å². The Morgan fingerprint density at radius 2 is 2.13 bits per heavy atom. The van der Waals surface area contributed by atoms with Crippen LogP contribution < -0.4 is 4.74 Å². The number of hydrogen-bond donors (Lipinski definition) is 0. The van der Waals surface area contributed by atoms with Crippen LogP contribution in [0.1, 0.15) is 41.0 Å². The maximum atomic E-state index is 13.0. The van der Waals surface area contributed by atoms with Crippen LogP contribution in [0, 0.1) is 5.92 Å². The first-order valence-corrected chi connectivity index (χ1v) is 10.8. The highest BCUT2D eigenvalue weighted by molar-refractivity contribution is 6.99. The molecule has 2 heterocycles. The van der Waals surface area contributed by atoms with Crippen LogP contribution in [0.15, 0.2) is 67.0 Å². The molecule has 6 nitrogen and oxygen atoms in total. The average molecular weight is 421 g/mol. The first-order chi connectivity index (χ1) is 14.8. The number of allylic oxidation sites excluding steroid dienone is 2. The number of ether oxygens (including phenoxy) is 1. The summed E-state index contributed by atoms with van der Waals surface area (Å²) in [5.74, 6) is 1.25. The molecule has 2 aromatic heterocycles. The topological polar surface area (TPSA) is 68.2 Å². The smallest absolute Gasteiger partial charge is 0.275 e. The highest BCUT2D eigenvalue weighted by Gasteiger charge is 2.20. The van der Waals surface area contributed by atoms with Gasteiger partial charge in [-0.15, -0.1) is 0 Å². The molecule has 0 spiro atoms. The van der Waals surface area contributed by atoms with Gasteiger partial charge in [-0.2, -0.15) is 8.75 Å². The highest BCUT2D eigenvalue weighted by Crippen LogP contribution is 2.22. The molecule has 154 valence electrons. The van der Waals surface area contributed by atoms with Gasteiger partial charge >= 0.3 is 0 Å². The van der Waals surface area contributed by atoms with Gasteiger partial charge in [0.2, 0.25) is 0 Å². The summed E-state index contributed by atoms with van der Waals surface area (Å²) in [6.45, 7) is 1.56. The van der Waals surface area contributed by atoms with E-state index in [1.165, 1.54) is 12.6 Å². The number of rotatable bonds is 8. The molecule has 0 fully saturated rings. The zero-order chi connectivity index (χ0) is 20.6. The molecule has 1 aromatic carbocycles. The van der Waals surface area contributed by atoms with Gasteiger partial charge in [-0.3, -0.25) is 9.78 Å². The van der Waals surface area contributed by atoms with E-state index in [2.05, 4.69) is 25.9 Å². The fourth-order valence-electron chi connectivity index (χ4n) is 3.48. The van der Waals surface area contributed by atoms with Crippen molar-refractivity contribution >= 4 is 17.6 Å². The van der Waals surface area contributed by atoms with Crippen LogP contribution in [-0.4, -0.2) is 31.1 Å². The molecule has 0 N–H and O–H groups in total. The van der Waals surface area contributed by atoms with Crippen LogP contribution >= 0.6 is 11.7 Å². The van der Waals surface area contributed by atoms with E-state index in [0.29, 0.717) is 24.7 Å². The molecule has 0 saturated carbocycles. The third-order valence-corrected chi connectivity index (χ3v) is 5.56. The van der Waals surface area contributed by atoms with Crippen LogP contribution in [0.25, 0.3) is 0 Å². The standard InChI is InChI=1S/C23H24N4O2S/c28-23(22-14-25-30-26-22)27(16-20-10-4-5-12-24-20)15-19-9-6-11-21(13-19)29-17-18-7-2-1-3-8-18/h1-2,4-6,9-14,18H,3,7-8,15-17H2/t18-/m1/s1. The normalized spacial score (nSPS) is 15.7. The van der Waals surface area contributed by atoms with Crippen LogP contribution in [-0.2, 0) is 13.1 Å². The summed E-state index contributed by atoms with van der Waals surface area (Å²) >= 11 is 1.03. The lowest BCUT2D eigenvalue weighted by Crippen LogP contribution is -2.30. The van der Waals surface area contributed by atoms with Crippen molar-refractivity contribution in [1.29, 1.82) is 0 Å². The second-order valence-corrected chi connectivity index (χ2v) is 7.94. The van der Waals surface area contributed by atoms with Crippen molar-refractivity contribution in [1.82, 2.24) is 18.6 Å². The monoisotopic (exact) mass is 420 g/mol. The van der Waals surface area contributed by atoms with Crippen molar-refractivity contribution < 1.29 is 9.53 Å². The Morgan fingerprint density at radius 1 is 1.17 bits per heavy atom. The van der Waals surface area contributed by atoms with Gasteiger partial charge in [-0.05, 0) is 55.0 Å². The summed E-state index contributed by atoms with van der Waals surface area (Å²) in [4.78, 5) is 19.1. The van der Waals surface area contributed by atoms with E-state index in [1.807, 2.05) is 42.5 Å². The predicted octanol–water partition coefficient (Wildman–Crippen LogP) is 4.51. The molecule has 0 aliphatic heterocycles. The van der Waals surface area contributed by atoms with E-state index >= 15 is 0 Å². The zero-order valence-corrected chi connectivity index (χ0v) is 17.5. The lowest BCUT2D eigenvalue weighted by Gasteiger charge is -2.22. The van der Waals surface area contributed by atoms with Crippen molar-refractivity contribution in [2.75, 3.05) is 6.61 Å². The van der Waals surface area contributed by atoms with E-state index < -0.39 is 0 Å². The summed E-state index contributed by atoms with van der Waals surface area (Å²) in [5, 5.41) is 0. The van der Waals surface area contributed by atoms with Crippen molar-refractivity contribution in [3.05, 3.63) is 84.0 Å². The van der Waals surface area contributed by atoms with Crippen molar-refractivity contribution in [2.45, 2.75) is 32.4 Å². The van der Waals surface area contributed by atoms with Gasteiger partial charge in [0.05, 0.1) is 36.8 Å². The molecule has 30 heavy (non-hydrogen) atoms. The number of benzene rings is 1. The minimum absolute atomic E-state index is 0.158. The van der Waals surface area contributed by atoms with Crippen LogP contribution in [0.4, 0.5) is 0 Å². The second-order valence-electron chi connectivity index (χ2n) is 7.38. The van der Waals surface area contributed by atoms with Gasteiger partial charge in [0.25, 0.3) is 5.91 Å². The Labute approximate surface area is 180 Å². The zero-order valence-electron chi connectivity index (χ0n) is 16.7. The summed E-state index contributed by atoms with van der Waals surface area (Å²) in [6.07, 6.45) is 11.1. The van der Waals surface area contributed by atoms with E-state index in [-0.39, 0.29) is 5.91 Å². The molecule has 0 unspecified atom stereocenters. The van der Waals surface area contributed by atoms with Crippen molar-refractivity contribution in [2.24, 2.45) is 5.92 Å². The Balaban J connectivity index is 1.46. The summed E-state index contributed by atoms with van der Waals surface area (Å²) in [5.41, 5.74) is 2.18. The maximum absolute atomic E-state index is 13.0. The lowest BCUT2D eigenvalue weighted by molar-refractivity contribution is 0.0722. The molecule has 1 amide bonds. The second kappa shape index (κ2) is 10.1. The molecule has 3 aromatic rings. The fraction of sp³-hybridized carbons (Fsp3) is 0.304. The summed E-state index contributed by atoms with van der Waals surface area (Å²) < 4.78 is 14.1. The number of hydrogen-bond acceptors (Lipinski definition) is 6. The minimum atomic E-state index is -0.158. The summed E-state index contributed by atoms with van der Waals surface area (Å²) in [6, 6.07) is 13.7. The first-order valence-electron chi connectivity index (χ1n) is 10.1. The number of aromatic nitrogens is 3. The molecule has 4 rings (SSSR count). The van der Waals surface area contributed by atoms with Crippen LogP contribution in [0.5, 0.6) is 5.75 Å². The third kappa shape index (κ3) is 5.51. The van der Waals surface area contributed by atoms with Gasteiger partial charge in [0.1, 0.15) is 5.75 Å². The Morgan fingerprint density at radius 3 is 2.90 bits per heavy atom. The van der Waals surface area contributed by atoms with Crippen molar-refractivity contribution in [3.63, 3.8) is 0 Å². The molecule has 0 bridgehead atoms. The largest absolute Gasteiger partial charge is 0.493 e. The quantitative estimate of drug-likeness (QED) is 0.502. The molecule has 0 radical (unpaired) electrons. The minimum Gasteiger partial charge on any atom is -0.493 e. The third-order valence-electron chi connectivity index (χ3n) is 5.08. The molecular formula is C23H24N4O2S. The Bertz CT molecular complexity index is 976. The van der Waals surface area contributed by atoms with Crippen LogP contribution in [0.3, 0.4) is 0 Å². The van der Waals surface area contributed by atoms with E-state index in [4.69, 9.17) is 4.74 Å². The Hall–Kier alpha value is -3.06. The Kier molecular flexibility index (Phi) is 6.82. The van der Waals surface area contributed by atoms with Gasteiger partial charge in [-0.25, -0.2) is 0 Å². The lowest BCUT2D eigenvalue weighted by atomic mass is 9.95.